The molecule has 1 rings (SSSR count). The lowest BCUT2D eigenvalue weighted by molar-refractivity contribution is 0.387. The number of rotatable bonds is 6. The summed E-state index contributed by atoms with van der Waals surface area (Å²) >= 11 is 0. The fourth-order valence-electron chi connectivity index (χ4n) is 1.84. The fraction of sp³-hybridized carbons (Fsp3) is 0.571. The van der Waals surface area contributed by atoms with Crippen LogP contribution in [0.25, 0.3) is 0 Å². The number of aromatic hydroxyl groups is 1. The molecule has 0 saturated heterocycles. The molecule has 0 aromatic heterocycles. The largest absolute Gasteiger partial charge is 0.508 e. The van der Waals surface area contributed by atoms with Crippen LogP contribution in [-0.4, -0.2) is 37.2 Å². The molecule has 1 atom stereocenters. The van der Waals surface area contributed by atoms with Crippen molar-refractivity contribution in [3.8, 4) is 5.75 Å². The topological polar surface area (TPSA) is 35.5 Å². The molecule has 1 unspecified atom stereocenters. The summed E-state index contributed by atoms with van der Waals surface area (Å²) in [4.78, 5) is 2.18. The van der Waals surface area contributed by atoms with E-state index in [2.05, 4.69) is 31.2 Å². The Morgan fingerprint density at radius 1 is 1.35 bits per heavy atom. The van der Waals surface area contributed by atoms with Gasteiger partial charge in [-0.05, 0) is 59.1 Å². The van der Waals surface area contributed by atoms with Gasteiger partial charge < -0.3 is 15.3 Å². The van der Waals surface area contributed by atoms with E-state index in [9.17, 15) is 5.11 Å². The molecule has 0 radical (unpaired) electrons. The van der Waals surface area contributed by atoms with Gasteiger partial charge in [0.2, 0.25) is 0 Å². The van der Waals surface area contributed by atoms with Gasteiger partial charge in [-0.1, -0.05) is 12.1 Å². The van der Waals surface area contributed by atoms with Crippen molar-refractivity contribution in [3.63, 3.8) is 0 Å². The van der Waals surface area contributed by atoms with E-state index in [4.69, 9.17) is 0 Å². The lowest BCUT2D eigenvalue weighted by Crippen LogP contribution is -2.23. The standard InChI is InChI=1S/C14H24N2O/c1-11-6-7-13(14(17)10-11)12(2)15-8-5-9-16(3)4/h6-7,10,12,15,17H,5,8-9H2,1-4H3. The number of hydrogen-bond acceptors (Lipinski definition) is 3. The Bertz CT molecular complexity index is 350. The minimum atomic E-state index is 0.192. The van der Waals surface area contributed by atoms with Crippen molar-refractivity contribution in [1.82, 2.24) is 10.2 Å². The van der Waals surface area contributed by atoms with E-state index in [1.54, 1.807) is 0 Å². The zero-order valence-electron chi connectivity index (χ0n) is 11.3. The molecule has 0 fully saturated rings. The van der Waals surface area contributed by atoms with E-state index < -0.39 is 0 Å². The third-order valence-corrected chi connectivity index (χ3v) is 2.89. The number of nitrogens with zero attached hydrogens (tertiary/aromatic N) is 1. The van der Waals surface area contributed by atoms with Crippen LogP contribution in [0.5, 0.6) is 5.75 Å². The Hall–Kier alpha value is -1.06. The number of nitrogens with one attached hydrogen (secondary N) is 1. The average molecular weight is 236 g/mol. The molecule has 17 heavy (non-hydrogen) atoms. The zero-order valence-corrected chi connectivity index (χ0v) is 11.3. The summed E-state index contributed by atoms with van der Waals surface area (Å²) in [5, 5.41) is 13.3. The summed E-state index contributed by atoms with van der Waals surface area (Å²) in [6.07, 6.45) is 1.12. The number of benzene rings is 1. The molecule has 0 aliphatic carbocycles. The predicted molar refractivity (Wildman–Crippen MR) is 72.4 cm³/mol. The normalized spacial score (nSPS) is 13.0. The molecular weight excluding hydrogens is 212 g/mol. The lowest BCUT2D eigenvalue weighted by Gasteiger charge is -2.17. The van der Waals surface area contributed by atoms with Gasteiger partial charge in [0.15, 0.2) is 0 Å². The van der Waals surface area contributed by atoms with Crippen LogP contribution in [-0.2, 0) is 0 Å². The lowest BCUT2D eigenvalue weighted by atomic mass is 10.1. The molecule has 0 aliphatic heterocycles. The Kier molecular flexibility index (Phi) is 5.45. The van der Waals surface area contributed by atoms with E-state index in [1.807, 2.05) is 25.1 Å². The first kappa shape index (κ1) is 14.0. The maximum absolute atomic E-state index is 9.86. The number of phenolic OH excluding ortho intramolecular Hbond substituents is 1. The summed E-state index contributed by atoms with van der Waals surface area (Å²) in [6, 6.07) is 6.03. The molecule has 1 aromatic rings. The Balaban J connectivity index is 2.44. The van der Waals surface area contributed by atoms with Crippen LogP contribution >= 0.6 is 0 Å². The second kappa shape index (κ2) is 6.62. The molecule has 96 valence electrons. The minimum absolute atomic E-state index is 0.192. The third-order valence-electron chi connectivity index (χ3n) is 2.89. The molecule has 3 heteroatoms. The first-order valence-corrected chi connectivity index (χ1v) is 6.18. The van der Waals surface area contributed by atoms with Crippen molar-refractivity contribution in [1.29, 1.82) is 0 Å². The van der Waals surface area contributed by atoms with E-state index in [0.29, 0.717) is 5.75 Å². The molecule has 0 heterocycles. The smallest absolute Gasteiger partial charge is 0.120 e. The molecule has 0 aliphatic rings. The molecule has 0 bridgehead atoms. The van der Waals surface area contributed by atoms with Crippen LogP contribution in [0.3, 0.4) is 0 Å². The summed E-state index contributed by atoms with van der Waals surface area (Å²) in [5.41, 5.74) is 2.06. The van der Waals surface area contributed by atoms with Crippen LogP contribution in [0, 0.1) is 6.92 Å². The SMILES string of the molecule is Cc1ccc(C(C)NCCCN(C)C)c(O)c1. The molecule has 3 nitrogen and oxygen atoms in total. The van der Waals surface area contributed by atoms with Gasteiger partial charge in [0, 0.05) is 11.6 Å². The molecule has 0 spiro atoms. The number of hydrogen-bond donors (Lipinski definition) is 2. The van der Waals surface area contributed by atoms with E-state index in [0.717, 1.165) is 30.6 Å². The predicted octanol–water partition coefficient (Wildman–Crippen LogP) is 2.30. The molecule has 0 saturated carbocycles. The van der Waals surface area contributed by atoms with Crippen molar-refractivity contribution in [2.24, 2.45) is 0 Å². The second-order valence-corrected chi connectivity index (χ2v) is 4.89. The highest BCUT2D eigenvalue weighted by atomic mass is 16.3. The number of aryl methyl sites for hydroxylation is 1. The molecular formula is C14H24N2O. The molecule has 0 amide bonds. The Morgan fingerprint density at radius 3 is 2.65 bits per heavy atom. The van der Waals surface area contributed by atoms with Crippen LogP contribution < -0.4 is 5.32 Å². The van der Waals surface area contributed by atoms with Gasteiger partial charge in [0.25, 0.3) is 0 Å². The maximum Gasteiger partial charge on any atom is 0.120 e. The van der Waals surface area contributed by atoms with Crippen molar-refractivity contribution < 1.29 is 5.11 Å². The van der Waals surface area contributed by atoms with Gasteiger partial charge in [0.1, 0.15) is 5.75 Å². The van der Waals surface area contributed by atoms with Gasteiger partial charge in [-0.2, -0.15) is 0 Å². The van der Waals surface area contributed by atoms with Gasteiger partial charge >= 0.3 is 0 Å². The Morgan fingerprint density at radius 2 is 2.06 bits per heavy atom. The summed E-state index contributed by atoms with van der Waals surface area (Å²) in [5.74, 6) is 0.387. The monoisotopic (exact) mass is 236 g/mol. The highest BCUT2D eigenvalue weighted by Crippen LogP contribution is 2.24. The van der Waals surface area contributed by atoms with E-state index in [1.165, 1.54) is 0 Å². The van der Waals surface area contributed by atoms with Crippen LogP contribution in [0.1, 0.15) is 30.5 Å². The van der Waals surface area contributed by atoms with Crippen molar-refractivity contribution in [2.75, 3.05) is 27.2 Å². The van der Waals surface area contributed by atoms with E-state index in [-0.39, 0.29) is 6.04 Å². The van der Waals surface area contributed by atoms with Gasteiger partial charge in [-0.15, -0.1) is 0 Å². The van der Waals surface area contributed by atoms with Crippen molar-refractivity contribution in [3.05, 3.63) is 29.3 Å². The minimum Gasteiger partial charge on any atom is -0.508 e. The summed E-state index contributed by atoms with van der Waals surface area (Å²) in [6.45, 7) is 6.12. The third kappa shape index (κ3) is 4.75. The Labute approximate surface area is 104 Å². The highest BCUT2D eigenvalue weighted by molar-refractivity contribution is 5.37. The first-order valence-electron chi connectivity index (χ1n) is 6.18. The zero-order chi connectivity index (χ0) is 12.8. The first-order chi connectivity index (χ1) is 8.00. The average Bonchev–Trinajstić information content (AvgIpc) is 2.23. The second-order valence-electron chi connectivity index (χ2n) is 4.89. The van der Waals surface area contributed by atoms with Crippen LogP contribution in [0.15, 0.2) is 18.2 Å². The van der Waals surface area contributed by atoms with Gasteiger partial charge in [-0.3, -0.25) is 0 Å². The van der Waals surface area contributed by atoms with Crippen molar-refractivity contribution >= 4 is 0 Å². The highest BCUT2D eigenvalue weighted by Gasteiger charge is 2.09. The number of phenols is 1. The van der Waals surface area contributed by atoms with E-state index >= 15 is 0 Å². The van der Waals surface area contributed by atoms with Crippen LogP contribution in [0.4, 0.5) is 0 Å². The van der Waals surface area contributed by atoms with Crippen LogP contribution in [0.2, 0.25) is 0 Å². The molecule has 1 aromatic carbocycles. The summed E-state index contributed by atoms with van der Waals surface area (Å²) < 4.78 is 0. The molecule has 2 N–H and O–H groups in total. The maximum atomic E-state index is 9.86. The summed E-state index contributed by atoms with van der Waals surface area (Å²) in [7, 11) is 4.16. The van der Waals surface area contributed by atoms with Crippen molar-refractivity contribution in [2.45, 2.75) is 26.3 Å². The van der Waals surface area contributed by atoms with Gasteiger partial charge in [-0.25, -0.2) is 0 Å². The fourth-order valence-corrected chi connectivity index (χ4v) is 1.84. The van der Waals surface area contributed by atoms with Gasteiger partial charge in [0.05, 0.1) is 0 Å². The quantitative estimate of drug-likeness (QED) is 0.744.